The van der Waals surface area contributed by atoms with Crippen molar-refractivity contribution in [3.8, 4) is 0 Å². The minimum atomic E-state index is -0.153. The molecule has 0 unspecified atom stereocenters. The molecular formula is C13H19ClFN. The van der Waals surface area contributed by atoms with Crippen LogP contribution in [0.1, 0.15) is 42.9 Å². The predicted molar refractivity (Wildman–Crippen MR) is 67.3 cm³/mol. The molecule has 1 atom stereocenters. The van der Waals surface area contributed by atoms with Crippen molar-refractivity contribution in [3.63, 3.8) is 0 Å². The van der Waals surface area contributed by atoms with Gasteiger partial charge in [0.25, 0.3) is 0 Å². The van der Waals surface area contributed by atoms with Crippen LogP contribution >= 0.6 is 12.4 Å². The first kappa shape index (κ1) is 13.5. The Balaban J connectivity index is 0.00000128. The van der Waals surface area contributed by atoms with Crippen LogP contribution in [0.2, 0.25) is 0 Å². The van der Waals surface area contributed by atoms with Crippen LogP contribution in [0.15, 0.2) is 18.2 Å². The molecule has 3 heteroatoms. The van der Waals surface area contributed by atoms with Crippen LogP contribution in [0.5, 0.6) is 0 Å². The molecule has 0 aromatic heterocycles. The standard InChI is InChI=1S/C13H18FN.ClH/c1-9-6-7-12(14)11(8-9)13(15)10-4-2-3-5-10;/h6-8,10,13H,2-5,15H2,1H3;1H/t13-;/m1./s1. The van der Waals surface area contributed by atoms with Crippen LogP contribution in [0.4, 0.5) is 4.39 Å². The van der Waals surface area contributed by atoms with Gasteiger partial charge in [0.05, 0.1) is 0 Å². The molecule has 0 aliphatic heterocycles. The number of hydrogen-bond acceptors (Lipinski definition) is 1. The first-order valence-corrected chi connectivity index (χ1v) is 5.70. The van der Waals surface area contributed by atoms with Gasteiger partial charge in [-0.3, -0.25) is 0 Å². The Labute approximate surface area is 103 Å². The summed E-state index contributed by atoms with van der Waals surface area (Å²) in [6.07, 6.45) is 4.78. The second-order valence-corrected chi connectivity index (χ2v) is 4.60. The highest BCUT2D eigenvalue weighted by Gasteiger charge is 2.25. The summed E-state index contributed by atoms with van der Waals surface area (Å²) in [6.45, 7) is 1.98. The molecule has 2 N–H and O–H groups in total. The summed E-state index contributed by atoms with van der Waals surface area (Å²) in [7, 11) is 0. The summed E-state index contributed by atoms with van der Waals surface area (Å²) in [4.78, 5) is 0. The van der Waals surface area contributed by atoms with E-state index in [9.17, 15) is 4.39 Å². The average molecular weight is 244 g/mol. The topological polar surface area (TPSA) is 26.0 Å². The zero-order chi connectivity index (χ0) is 10.8. The SMILES string of the molecule is Cc1ccc(F)c([C@H](N)C2CCCC2)c1.Cl. The van der Waals surface area contributed by atoms with E-state index in [1.54, 1.807) is 6.07 Å². The lowest BCUT2D eigenvalue weighted by molar-refractivity contribution is 0.428. The zero-order valence-corrected chi connectivity index (χ0v) is 10.4. The normalized spacial score (nSPS) is 18.2. The van der Waals surface area contributed by atoms with Crippen molar-refractivity contribution in [2.24, 2.45) is 11.7 Å². The van der Waals surface area contributed by atoms with Gasteiger partial charge < -0.3 is 5.73 Å². The summed E-state index contributed by atoms with van der Waals surface area (Å²) in [5.74, 6) is 0.321. The first-order valence-electron chi connectivity index (χ1n) is 5.70. The fourth-order valence-corrected chi connectivity index (χ4v) is 2.49. The van der Waals surface area contributed by atoms with Gasteiger partial charge in [-0.25, -0.2) is 4.39 Å². The number of halogens is 2. The molecule has 1 aromatic rings. The molecule has 0 spiro atoms. The minimum Gasteiger partial charge on any atom is -0.324 e. The largest absolute Gasteiger partial charge is 0.324 e. The van der Waals surface area contributed by atoms with E-state index in [-0.39, 0.29) is 24.3 Å². The fourth-order valence-electron chi connectivity index (χ4n) is 2.49. The van der Waals surface area contributed by atoms with E-state index in [0.29, 0.717) is 11.5 Å². The lowest BCUT2D eigenvalue weighted by Crippen LogP contribution is -2.20. The summed E-state index contributed by atoms with van der Waals surface area (Å²) in [5, 5.41) is 0. The summed E-state index contributed by atoms with van der Waals surface area (Å²) in [5.41, 5.74) is 7.91. The highest BCUT2D eigenvalue weighted by atomic mass is 35.5. The molecule has 1 saturated carbocycles. The van der Waals surface area contributed by atoms with Crippen molar-refractivity contribution in [1.82, 2.24) is 0 Å². The number of aryl methyl sites for hydroxylation is 1. The monoisotopic (exact) mass is 243 g/mol. The maximum absolute atomic E-state index is 13.6. The van der Waals surface area contributed by atoms with Crippen molar-refractivity contribution in [1.29, 1.82) is 0 Å². The molecule has 90 valence electrons. The van der Waals surface area contributed by atoms with Gasteiger partial charge in [-0.2, -0.15) is 0 Å². The lowest BCUT2D eigenvalue weighted by atomic mass is 9.91. The Morgan fingerprint density at radius 1 is 1.31 bits per heavy atom. The third-order valence-electron chi connectivity index (χ3n) is 3.42. The molecule has 1 aliphatic carbocycles. The van der Waals surface area contributed by atoms with Gasteiger partial charge in [-0.05, 0) is 31.7 Å². The third-order valence-corrected chi connectivity index (χ3v) is 3.42. The van der Waals surface area contributed by atoms with Gasteiger partial charge in [0.15, 0.2) is 0 Å². The van der Waals surface area contributed by atoms with Crippen LogP contribution in [0.3, 0.4) is 0 Å². The molecule has 0 bridgehead atoms. The smallest absolute Gasteiger partial charge is 0.127 e. The average Bonchev–Trinajstić information content (AvgIpc) is 2.74. The van der Waals surface area contributed by atoms with Gasteiger partial charge >= 0.3 is 0 Å². The molecule has 2 rings (SSSR count). The number of nitrogens with two attached hydrogens (primary N) is 1. The Kier molecular flexibility index (Phi) is 4.75. The van der Waals surface area contributed by atoms with E-state index < -0.39 is 0 Å². The second kappa shape index (κ2) is 5.65. The summed E-state index contributed by atoms with van der Waals surface area (Å²) in [6, 6.07) is 5.09. The van der Waals surface area contributed by atoms with Gasteiger partial charge in [0, 0.05) is 11.6 Å². The molecule has 0 radical (unpaired) electrons. The molecule has 1 aliphatic rings. The van der Waals surface area contributed by atoms with E-state index >= 15 is 0 Å². The maximum atomic E-state index is 13.6. The highest BCUT2D eigenvalue weighted by Crippen LogP contribution is 2.35. The van der Waals surface area contributed by atoms with E-state index in [1.807, 2.05) is 13.0 Å². The molecule has 0 amide bonds. The van der Waals surface area contributed by atoms with Crippen LogP contribution in [0, 0.1) is 18.7 Å². The fraction of sp³-hybridized carbons (Fsp3) is 0.538. The Hall–Kier alpha value is -0.600. The Bertz CT molecular complexity index is 348. The molecule has 16 heavy (non-hydrogen) atoms. The number of rotatable bonds is 2. The quantitative estimate of drug-likeness (QED) is 0.841. The zero-order valence-electron chi connectivity index (χ0n) is 9.58. The van der Waals surface area contributed by atoms with Crippen molar-refractivity contribution in [3.05, 3.63) is 35.1 Å². The van der Waals surface area contributed by atoms with E-state index in [2.05, 4.69) is 0 Å². The molecule has 0 saturated heterocycles. The van der Waals surface area contributed by atoms with E-state index in [4.69, 9.17) is 5.73 Å². The van der Waals surface area contributed by atoms with Crippen LogP contribution in [-0.2, 0) is 0 Å². The van der Waals surface area contributed by atoms with Crippen molar-refractivity contribution in [2.45, 2.75) is 38.6 Å². The Morgan fingerprint density at radius 2 is 1.94 bits per heavy atom. The minimum absolute atomic E-state index is 0. The van der Waals surface area contributed by atoms with E-state index in [1.165, 1.54) is 18.9 Å². The summed E-state index contributed by atoms with van der Waals surface area (Å²) < 4.78 is 13.6. The summed E-state index contributed by atoms with van der Waals surface area (Å²) >= 11 is 0. The predicted octanol–water partition coefficient (Wildman–Crippen LogP) is 3.75. The molecule has 0 heterocycles. The van der Waals surface area contributed by atoms with Crippen LogP contribution in [0.25, 0.3) is 0 Å². The highest BCUT2D eigenvalue weighted by molar-refractivity contribution is 5.85. The van der Waals surface area contributed by atoms with Crippen molar-refractivity contribution < 1.29 is 4.39 Å². The second-order valence-electron chi connectivity index (χ2n) is 4.60. The van der Waals surface area contributed by atoms with Gasteiger partial charge in [-0.1, -0.05) is 30.5 Å². The number of benzene rings is 1. The molecular weight excluding hydrogens is 225 g/mol. The lowest BCUT2D eigenvalue weighted by Gasteiger charge is -2.20. The van der Waals surface area contributed by atoms with Gasteiger partial charge in [-0.15, -0.1) is 12.4 Å². The van der Waals surface area contributed by atoms with Crippen LogP contribution < -0.4 is 5.73 Å². The molecule has 1 nitrogen and oxygen atoms in total. The Morgan fingerprint density at radius 3 is 2.56 bits per heavy atom. The van der Waals surface area contributed by atoms with E-state index in [0.717, 1.165) is 18.4 Å². The number of hydrogen-bond donors (Lipinski definition) is 1. The van der Waals surface area contributed by atoms with Gasteiger partial charge in [0.1, 0.15) is 5.82 Å². The van der Waals surface area contributed by atoms with Crippen LogP contribution in [-0.4, -0.2) is 0 Å². The third kappa shape index (κ3) is 2.74. The van der Waals surface area contributed by atoms with Crippen molar-refractivity contribution >= 4 is 12.4 Å². The van der Waals surface area contributed by atoms with Crippen molar-refractivity contribution in [2.75, 3.05) is 0 Å². The molecule has 1 fully saturated rings. The molecule has 1 aromatic carbocycles. The maximum Gasteiger partial charge on any atom is 0.127 e. The van der Waals surface area contributed by atoms with Gasteiger partial charge in [0.2, 0.25) is 0 Å². The first-order chi connectivity index (χ1) is 7.18.